The van der Waals surface area contributed by atoms with Gasteiger partial charge in [-0.3, -0.25) is 0 Å². The molecule has 1 aliphatic carbocycles. The molecule has 11 aromatic rings. The van der Waals surface area contributed by atoms with Crippen LogP contribution in [-0.4, -0.2) is 12.3 Å². The molecule has 2 atom stereocenters. The quantitative estimate of drug-likeness (QED) is 0.164. The molecular formula is C67H56BN3OS. The van der Waals surface area contributed by atoms with E-state index in [1.807, 2.05) is 11.3 Å². The minimum atomic E-state index is -0.119. The number of furan rings is 1. The van der Waals surface area contributed by atoms with Crippen LogP contribution >= 0.6 is 11.3 Å². The highest BCUT2D eigenvalue weighted by Gasteiger charge is 2.58. The number of hydrogen-bond donors (Lipinski definition) is 0. The van der Waals surface area contributed by atoms with Crippen LogP contribution in [0.5, 0.6) is 0 Å². The Balaban J connectivity index is 1.01. The molecule has 1 saturated carbocycles. The van der Waals surface area contributed by atoms with E-state index < -0.39 is 0 Å². The standard InChI is InChI=1S/C67H56BN3OS/c1-41-35-58-63-59(36-41)70(55-22-16-21-49-48-20-11-13-24-62(48)73-64(49)55)57-40-46(71-54-31-25-43(42-17-8-7-9-18-42)37-51(54)66(5)33-14-15-34-67(66,71)6)27-30-53(57)68(63)52-29-26-44(65(2,3)4)38-56(52)69(58)45-28-32-61-50(39-45)47-19-10-12-23-60(47)72-61/h7-13,16-32,35-40H,14-15,33-34H2,1-6H3. The van der Waals surface area contributed by atoms with Gasteiger partial charge in [0.15, 0.2) is 0 Å². The van der Waals surface area contributed by atoms with Crippen molar-refractivity contribution in [2.75, 3.05) is 14.7 Å². The molecule has 4 aliphatic rings. The van der Waals surface area contributed by atoms with Crippen molar-refractivity contribution >= 4 is 122 Å². The maximum atomic E-state index is 6.44. The molecule has 15 rings (SSSR count). The first-order valence-corrected chi connectivity index (χ1v) is 27.1. The van der Waals surface area contributed by atoms with Gasteiger partial charge in [0, 0.05) is 71.5 Å². The van der Waals surface area contributed by atoms with E-state index in [0.29, 0.717) is 0 Å². The maximum absolute atomic E-state index is 6.44. The van der Waals surface area contributed by atoms with Crippen molar-refractivity contribution in [3.8, 4) is 11.1 Å². The number of aryl methyl sites for hydroxylation is 1. The van der Waals surface area contributed by atoms with Crippen LogP contribution in [0.15, 0.2) is 186 Å². The van der Waals surface area contributed by atoms with E-state index in [4.69, 9.17) is 4.42 Å². The predicted molar refractivity (Wildman–Crippen MR) is 312 cm³/mol. The van der Waals surface area contributed by atoms with Crippen LogP contribution in [-0.2, 0) is 10.8 Å². The number of para-hydroxylation sites is 1. The van der Waals surface area contributed by atoms with Crippen molar-refractivity contribution in [2.45, 2.75) is 83.6 Å². The summed E-state index contributed by atoms with van der Waals surface area (Å²) in [7, 11) is 0. The van der Waals surface area contributed by atoms with E-state index >= 15 is 0 Å². The van der Waals surface area contributed by atoms with Gasteiger partial charge in [0.25, 0.3) is 6.71 Å². The van der Waals surface area contributed by atoms with E-state index in [2.05, 4.69) is 238 Å². The third kappa shape index (κ3) is 6.02. The van der Waals surface area contributed by atoms with Gasteiger partial charge in [0.2, 0.25) is 0 Å². The molecular weight excluding hydrogens is 906 g/mol. The molecule has 6 heteroatoms. The Kier molecular flexibility index (Phi) is 9.00. The summed E-state index contributed by atoms with van der Waals surface area (Å²) in [6.45, 7) is 14.4. The summed E-state index contributed by atoms with van der Waals surface area (Å²) >= 11 is 1.91. The summed E-state index contributed by atoms with van der Waals surface area (Å²) in [5, 5.41) is 4.87. The molecule has 9 aromatic carbocycles. The average molecular weight is 962 g/mol. The number of hydrogen-bond acceptors (Lipinski definition) is 5. The summed E-state index contributed by atoms with van der Waals surface area (Å²) in [5.74, 6) is 0. The fraction of sp³-hybridized carbons (Fsp3) is 0.194. The maximum Gasteiger partial charge on any atom is 0.252 e. The number of nitrogens with zero attached hydrogens (tertiary/aromatic N) is 3. The van der Waals surface area contributed by atoms with Crippen LogP contribution in [0.2, 0.25) is 0 Å². The normalized spacial score (nSPS) is 18.9. The highest BCUT2D eigenvalue weighted by molar-refractivity contribution is 7.26. The Morgan fingerprint density at radius 1 is 0.521 bits per heavy atom. The van der Waals surface area contributed by atoms with Gasteiger partial charge < -0.3 is 19.1 Å². The van der Waals surface area contributed by atoms with Crippen molar-refractivity contribution in [2.24, 2.45) is 0 Å². The molecule has 2 aromatic heterocycles. The van der Waals surface area contributed by atoms with E-state index in [1.54, 1.807) is 0 Å². The third-order valence-corrected chi connectivity index (χ3v) is 19.0. The zero-order chi connectivity index (χ0) is 49.1. The van der Waals surface area contributed by atoms with Gasteiger partial charge in [-0.15, -0.1) is 11.3 Å². The molecule has 0 spiro atoms. The van der Waals surface area contributed by atoms with E-state index in [-0.39, 0.29) is 23.1 Å². The molecule has 4 nitrogen and oxygen atoms in total. The molecule has 0 amide bonds. The van der Waals surface area contributed by atoms with E-state index in [9.17, 15) is 0 Å². The van der Waals surface area contributed by atoms with Crippen LogP contribution in [0.25, 0.3) is 53.2 Å². The third-order valence-electron chi connectivity index (χ3n) is 17.8. The van der Waals surface area contributed by atoms with Gasteiger partial charge >= 0.3 is 0 Å². The molecule has 0 radical (unpaired) electrons. The molecule has 0 saturated heterocycles. The molecule has 0 N–H and O–H groups in total. The van der Waals surface area contributed by atoms with Gasteiger partial charge in [0.05, 0.1) is 15.9 Å². The summed E-state index contributed by atoms with van der Waals surface area (Å²) in [4.78, 5) is 8.01. The fourth-order valence-electron chi connectivity index (χ4n) is 14.0. The van der Waals surface area contributed by atoms with Crippen LogP contribution < -0.4 is 31.1 Å². The first kappa shape index (κ1) is 43.1. The molecule has 2 unspecified atom stereocenters. The zero-order valence-corrected chi connectivity index (χ0v) is 43.2. The van der Waals surface area contributed by atoms with Crippen LogP contribution in [0, 0.1) is 6.92 Å². The minimum absolute atomic E-state index is 0.0129. The number of rotatable bonds is 4. The van der Waals surface area contributed by atoms with Crippen molar-refractivity contribution in [1.29, 1.82) is 0 Å². The van der Waals surface area contributed by atoms with Crippen LogP contribution in [0.1, 0.15) is 77.0 Å². The Morgan fingerprint density at radius 2 is 1.22 bits per heavy atom. The molecule has 1 fully saturated rings. The van der Waals surface area contributed by atoms with Crippen LogP contribution in [0.3, 0.4) is 0 Å². The summed E-state index contributed by atoms with van der Waals surface area (Å²) in [5.41, 5.74) is 22.1. The largest absolute Gasteiger partial charge is 0.456 e. The molecule has 3 aliphatic heterocycles. The van der Waals surface area contributed by atoms with Crippen LogP contribution in [0.4, 0.5) is 45.5 Å². The van der Waals surface area contributed by atoms with Gasteiger partial charge in [-0.05, 0) is 155 Å². The highest BCUT2D eigenvalue weighted by atomic mass is 32.1. The average Bonchev–Trinajstić information content (AvgIpc) is 4.04. The fourth-order valence-corrected chi connectivity index (χ4v) is 15.2. The van der Waals surface area contributed by atoms with E-state index in [1.165, 1.54) is 123 Å². The lowest BCUT2D eigenvalue weighted by Crippen LogP contribution is -2.61. The summed E-state index contributed by atoms with van der Waals surface area (Å²) in [6.07, 6.45) is 4.76. The summed E-state index contributed by atoms with van der Waals surface area (Å²) < 4.78 is 9.06. The van der Waals surface area contributed by atoms with Gasteiger partial charge in [0.1, 0.15) is 11.2 Å². The molecule has 354 valence electrons. The molecule has 73 heavy (non-hydrogen) atoms. The topological polar surface area (TPSA) is 22.9 Å². The van der Waals surface area contributed by atoms with Crippen molar-refractivity contribution in [3.05, 3.63) is 199 Å². The van der Waals surface area contributed by atoms with Gasteiger partial charge in [-0.2, -0.15) is 0 Å². The SMILES string of the molecule is Cc1cc2c3c(c1)N(c1cccc4c1sc1ccccc14)c1cc(N4c5ccc(-c6ccccc6)cc5C5(C)CCCCC45C)ccc1B3c1ccc(C(C)(C)C)cc1N2c1ccc2oc3ccccc3c2c1. The first-order valence-electron chi connectivity index (χ1n) is 26.3. The number of fused-ring (bicyclic) bond motifs is 13. The van der Waals surface area contributed by atoms with Crippen molar-refractivity contribution in [1.82, 2.24) is 0 Å². The zero-order valence-electron chi connectivity index (χ0n) is 42.4. The lowest BCUT2D eigenvalue weighted by Gasteiger charge is -2.50. The summed E-state index contributed by atoms with van der Waals surface area (Å²) in [6, 6.07) is 69.3. The highest BCUT2D eigenvalue weighted by Crippen LogP contribution is 2.62. The second-order valence-electron chi connectivity index (χ2n) is 22.9. The van der Waals surface area contributed by atoms with Gasteiger partial charge in [-0.1, -0.05) is 144 Å². The van der Waals surface area contributed by atoms with E-state index in [0.717, 1.165) is 34.0 Å². The minimum Gasteiger partial charge on any atom is -0.456 e. The molecule has 5 heterocycles. The first-order chi connectivity index (χ1) is 35.5. The number of anilines is 8. The molecule has 0 bridgehead atoms. The van der Waals surface area contributed by atoms with Crippen molar-refractivity contribution < 1.29 is 4.42 Å². The second-order valence-corrected chi connectivity index (χ2v) is 23.9. The lowest BCUT2D eigenvalue weighted by molar-refractivity contribution is 0.195. The smallest absolute Gasteiger partial charge is 0.252 e. The Bertz CT molecular complexity index is 4130. The predicted octanol–water partition coefficient (Wildman–Crippen LogP) is 17.1. The number of benzene rings is 9. The Hall–Kier alpha value is -7.54. The lowest BCUT2D eigenvalue weighted by atomic mass is 9.33. The Labute approximate surface area is 432 Å². The van der Waals surface area contributed by atoms with Crippen molar-refractivity contribution in [3.63, 3.8) is 0 Å². The second kappa shape index (κ2) is 15.3. The Morgan fingerprint density at radius 3 is 2.05 bits per heavy atom. The van der Waals surface area contributed by atoms with Gasteiger partial charge in [-0.25, -0.2) is 0 Å². The number of thiophene rings is 1. The monoisotopic (exact) mass is 961 g/mol.